The van der Waals surface area contributed by atoms with Crippen molar-refractivity contribution < 1.29 is 23.8 Å². The van der Waals surface area contributed by atoms with Crippen LogP contribution in [0.2, 0.25) is 5.02 Å². The molecule has 6 rings (SSSR count). The standard InChI is InChI=1S/C32H31ClFN3O4/c1-20-2-3-22(15-30(20)41-19-24-4-6-25(33)16-27(24)34)21-8-11-36(12-9-21)18-31-35-28-7-5-23(32(38)39)14-29(28)37(31)17-26-10-13-40-26/h2-8,14-16,26H,9-13,17-19H2,1H3,(H,38,39)/t26-/m0/s1. The molecule has 0 bridgehead atoms. The molecule has 2 aliphatic heterocycles. The fourth-order valence-corrected chi connectivity index (χ4v) is 5.49. The first kappa shape index (κ1) is 27.4. The van der Waals surface area contributed by atoms with Gasteiger partial charge in [-0.05, 0) is 72.9 Å². The Labute approximate surface area is 242 Å². The van der Waals surface area contributed by atoms with Crippen LogP contribution in [0.1, 0.15) is 45.7 Å². The summed E-state index contributed by atoms with van der Waals surface area (Å²) in [5.41, 5.74) is 5.66. The molecule has 4 aromatic rings. The highest BCUT2D eigenvalue weighted by molar-refractivity contribution is 6.30. The van der Waals surface area contributed by atoms with Crippen molar-refractivity contribution in [2.45, 2.75) is 45.6 Å². The van der Waals surface area contributed by atoms with Crippen molar-refractivity contribution in [1.29, 1.82) is 0 Å². The molecule has 0 aliphatic carbocycles. The van der Waals surface area contributed by atoms with Crippen LogP contribution >= 0.6 is 11.6 Å². The quantitative estimate of drug-likeness (QED) is 0.246. The highest BCUT2D eigenvalue weighted by Gasteiger charge is 2.24. The summed E-state index contributed by atoms with van der Waals surface area (Å²) in [4.78, 5) is 18.8. The largest absolute Gasteiger partial charge is 0.489 e. The van der Waals surface area contributed by atoms with E-state index in [9.17, 15) is 14.3 Å². The molecule has 212 valence electrons. The van der Waals surface area contributed by atoms with Crippen molar-refractivity contribution >= 4 is 34.2 Å². The summed E-state index contributed by atoms with van der Waals surface area (Å²) < 4.78 is 28.0. The second-order valence-corrected chi connectivity index (χ2v) is 11.1. The summed E-state index contributed by atoms with van der Waals surface area (Å²) in [5.74, 6) is 0.317. The Morgan fingerprint density at radius 3 is 2.76 bits per heavy atom. The van der Waals surface area contributed by atoms with Gasteiger partial charge in [0.05, 0.1) is 35.8 Å². The molecule has 1 fully saturated rings. The van der Waals surface area contributed by atoms with Crippen LogP contribution in [0.4, 0.5) is 4.39 Å². The second-order valence-electron chi connectivity index (χ2n) is 10.6. The van der Waals surface area contributed by atoms with Gasteiger partial charge in [0.1, 0.15) is 24.0 Å². The van der Waals surface area contributed by atoms with Crippen LogP contribution in [-0.2, 0) is 24.4 Å². The average molecular weight is 576 g/mol. The highest BCUT2D eigenvalue weighted by atomic mass is 35.5. The first-order valence-corrected chi connectivity index (χ1v) is 14.1. The lowest BCUT2D eigenvalue weighted by Crippen LogP contribution is -2.33. The minimum absolute atomic E-state index is 0.126. The van der Waals surface area contributed by atoms with Gasteiger partial charge in [-0.2, -0.15) is 0 Å². The number of imidazole rings is 1. The van der Waals surface area contributed by atoms with E-state index in [0.29, 0.717) is 23.7 Å². The molecule has 1 atom stereocenters. The van der Waals surface area contributed by atoms with E-state index in [2.05, 4.69) is 21.6 Å². The fraction of sp³-hybridized carbons (Fsp3) is 0.312. The van der Waals surface area contributed by atoms with Crippen molar-refractivity contribution in [3.05, 3.63) is 99.6 Å². The predicted octanol–water partition coefficient (Wildman–Crippen LogP) is 6.49. The molecule has 9 heteroatoms. The fourth-order valence-electron chi connectivity index (χ4n) is 5.33. The van der Waals surface area contributed by atoms with Gasteiger partial charge in [0, 0.05) is 30.3 Å². The highest BCUT2D eigenvalue weighted by Crippen LogP contribution is 2.30. The van der Waals surface area contributed by atoms with Crippen molar-refractivity contribution in [2.75, 3.05) is 19.7 Å². The number of hydrogen-bond donors (Lipinski definition) is 1. The number of fused-ring (bicyclic) bond motifs is 1. The summed E-state index contributed by atoms with van der Waals surface area (Å²) in [5, 5.41) is 9.86. The van der Waals surface area contributed by atoms with E-state index >= 15 is 0 Å². The van der Waals surface area contributed by atoms with Crippen molar-refractivity contribution in [3.8, 4) is 5.75 Å². The zero-order valence-electron chi connectivity index (χ0n) is 22.8. The Hall–Kier alpha value is -3.72. The number of aryl methyl sites for hydroxylation is 1. The number of ether oxygens (including phenoxy) is 2. The molecule has 41 heavy (non-hydrogen) atoms. The summed E-state index contributed by atoms with van der Waals surface area (Å²) >= 11 is 5.87. The van der Waals surface area contributed by atoms with Gasteiger partial charge in [-0.3, -0.25) is 4.90 Å². The van der Waals surface area contributed by atoms with Gasteiger partial charge in [-0.25, -0.2) is 14.2 Å². The maximum Gasteiger partial charge on any atom is 0.335 e. The Morgan fingerprint density at radius 2 is 2.05 bits per heavy atom. The lowest BCUT2D eigenvalue weighted by Gasteiger charge is -2.29. The average Bonchev–Trinajstić information content (AvgIpc) is 3.27. The van der Waals surface area contributed by atoms with E-state index in [-0.39, 0.29) is 24.1 Å². The summed E-state index contributed by atoms with van der Waals surface area (Å²) in [6.07, 6.45) is 4.22. The maximum atomic E-state index is 14.2. The molecule has 7 nitrogen and oxygen atoms in total. The maximum absolute atomic E-state index is 14.2. The Morgan fingerprint density at radius 1 is 1.20 bits per heavy atom. The van der Waals surface area contributed by atoms with Crippen LogP contribution in [0.25, 0.3) is 16.6 Å². The number of hydrogen-bond acceptors (Lipinski definition) is 5. The van der Waals surface area contributed by atoms with E-state index in [1.165, 1.54) is 11.6 Å². The van der Waals surface area contributed by atoms with Crippen LogP contribution < -0.4 is 4.74 Å². The van der Waals surface area contributed by atoms with E-state index in [1.54, 1.807) is 30.3 Å². The lowest BCUT2D eigenvalue weighted by atomic mass is 9.98. The minimum atomic E-state index is -0.948. The van der Waals surface area contributed by atoms with Gasteiger partial charge >= 0.3 is 5.97 Å². The van der Waals surface area contributed by atoms with Gasteiger partial charge in [0.25, 0.3) is 0 Å². The first-order chi connectivity index (χ1) is 19.8. The molecule has 1 saturated heterocycles. The van der Waals surface area contributed by atoms with E-state index in [1.807, 2.05) is 19.1 Å². The van der Waals surface area contributed by atoms with Crippen LogP contribution in [-0.4, -0.2) is 51.3 Å². The molecule has 3 aromatic carbocycles. The van der Waals surface area contributed by atoms with Crippen LogP contribution in [0.15, 0.2) is 60.7 Å². The molecule has 0 unspecified atom stereocenters. The van der Waals surface area contributed by atoms with Gasteiger partial charge in [0.15, 0.2) is 0 Å². The minimum Gasteiger partial charge on any atom is -0.489 e. The SMILES string of the molecule is Cc1ccc(C2=CCN(Cc3nc4ccc(C(=O)O)cc4n3C[C@@H]3CCO3)CC2)cc1OCc1ccc(Cl)cc1F. The third-order valence-electron chi connectivity index (χ3n) is 7.87. The Kier molecular flexibility index (Phi) is 7.79. The van der Waals surface area contributed by atoms with Crippen molar-refractivity contribution in [2.24, 2.45) is 0 Å². The van der Waals surface area contributed by atoms with E-state index in [0.717, 1.165) is 66.3 Å². The van der Waals surface area contributed by atoms with Crippen molar-refractivity contribution in [3.63, 3.8) is 0 Å². The van der Waals surface area contributed by atoms with Gasteiger partial charge in [0.2, 0.25) is 0 Å². The lowest BCUT2D eigenvalue weighted by molar-refractivity contribution is -0.0591. The van der Waals surface area contributed by atoms with Crippen LogP contribution in [0.3, 0.4) is 0 Å². The topological polar surface area (TPSA) is 76.8 Å². The van der Waals surface area contributed by atoms with Crippen LogP contribution in [0.5, 0.6) is 5.75 Å². The molecular weight excluding hydrogens is 545 g/mol. The number of rotatable bonds is 9. The van der Waals surface area contributed by atoms with Gasteiger partial charge in [-0.15, -0.1) is 0 Å². The third-order valence-corrected chi connectivity index (χ3v) is 8.10. The zero-order chi connectivity index (χ0) is 28.5. The number of aromatic nitrogens is 2. The number of halogens is 2. The molecule has 0 spiro atoms. The molecule has 1 aromatic heterocycles. The molecule has 2 aliphatic rings. The zero-order valence-corrected chi connectivity index (χ0v) is 23.5. The Bertz CT molecular complexity index is 1650. The monoisotopic (exact) mass is 575 g/mol. The first-order valence-electron chi connectivity index (χ1n) is 13.8. The van der Waals surface area contributed by atoms with Crippen molar-refractivity contribution in [1.82, 2.24) is 14.5 Å². The number of nitrogens with zero attached hydrogens (tertiary/aromatic N) is 3. The molecular formula is C32H31ClFN3O4. The number of aromatic carboxylic acids is 1. The number of carbonyl (C=O) groups is 1. The molecule has 0 radical (unpaired) electrons. The number of carboxylic acids is 1. The summed E-state index contributed by atoms with van der Waals surface area (Å²) in [6.45, 7) is 5.80. The molecule has 0 saturated carbocycles. The third kappa shape index (κ3) is 6.00. The molecule has 1 N–H and O–H groups in total. The predicted molar refractivity (Wildman–Crippen MR) is 156 cm³/mol. The number of benzene rings is 3. The smallest absolute Gasteiger partial charge is 0.335 e. The number of carboxylic acid groups (broad SMARTS) is 1. The summed E-state index contributed by atoms with van der Waals surface area (Å²) in [6, 6.07) is 15.9. The molecule has 0 amide bonds. The normalized spacial score (nSPS) is 17.3. The Balaban J connectivity index is 1.17. The van der Waals surface area contributed by atoms with Gasteiger partial charge in [-0.1, -0.05) is 35.9 Å². The van der Waals surface area contributed by atoms with Crippen LogP contribution in [0, 0.1) is 12.7 Å². The van der Waals surface area contributed by atoms with E-state index in [4.69, 9.17) is 26.1 Å². The van der Waals surface area contributed by atoms with E-state index < -0.39 is 5.97 Å². The van der Waals surface area contributed by atoms with Gasteiger partial charge < -0.3 is 19.1 Å². The summed E-state index contributed by atoms with van der Waals surface area (Å²) in [7, 11) is 0. The second kappa shape index (κ2) is 11.6. The molecule has 3 heterocycles.